The number of pyridine rings is 1. The molecular formula is C13H9NOS. The summed E-state index contributed by atoms with van der Waals surface area (Å²) in [6.45, 7) is 1.56. The molecule has 0 spiro atoms. The Bertz CT molecular complexity index is 560. The molecule has 0 saturated carbocycles. The number of carbonyl (C=O) groups is 1. The van der Waals surface area contributed by atoms with Crippen molar-refractivity contribution in [1.29, 1.82) is 0 Å². The third-order valence-corrected chi connectivity index (χ3v) is 3.05. The van der Waals surface area contributed by atoms with Gasteiger partial charge < -0.3 is 0 Å². The molecule has 0 unspecified atom stereocenters. The molecule has 0 aromatic carbocycles. The number of aromatic nitrogens is 1. The van der Waals surface area contributed by atoms with E-state index in [1.54, 1.807) is 25.4 Å². The minimum absolute atomic E-state index is 0.0828. The van der Waals surface area contributed by atoms with Crippen LogP contribution in [0, 0.1) is 11.8 Å². The summed E-state index contributed by atoms with van der Waals surface area (Å²) in [5.74, 6) is 6.10. The van der Waals surface area contributed by atoms with Crippen molar-refractivity contribution in [3.05, 3.63) is 52.0 Å². The normalized spacial score (nSPS) is 9.31. The number of Topliss-reactive ketones (excluding diaryl/α,β-unsaturated/α-hetero) is 1. The summed E-state index contributed by atoms with van der Waals surface area (Å²) in [6.07, 6.45) is 3.43. The zero-order valence-corrected chi connectivity index (χ0v) is 9.54. The van der Waals surface area contributed by atoms with Gasteiger partial charge in [0.05, 0.1) is 9.75 Å². The molecule has 0 amide bonds. The minimum atomic E-state index is 0.0828. The van der Waals surface area contributed by atoms with Crippen molar-refractivity contribution in [3.8, 4) is 11.8 Å². The van der Waals surface area contributed by atoms with E-state index in [-0.39, 0.29) is 5.78 Å². The number of hydrogen-bond donors (Lipinski definition) is 0. The third-order valence-electron chi connectivity index (χ3n) is 1.94. The highest BCUT2D eigenvalue weighted by Gasteiger charge is 2.01. The van der Waals surface area contributed by atoms with Crippen LogP contribution in [0.1, 0.15) is 27.0 Å². The van der Waals surface area contributed by atoms with E-state index in [9.17, 15) is 4.79 Å². The summed E-state index contributed by atoms with van der Waals surface area (Å²) in [6, 6.07) is 7.42. The number of hydrogen-bond acceptors (Lipinski definition) is 3. The van der Waals surface area contributed by atoms with Crippen molar-refractivity contribution in [2.24, 2.45) is 0 Å². The average molecular weight is 227 g/mol. The summed E-state index contributed by atoms with van der Waals surface area (Å²) in [5.41, 5.74) is 0.875. The number of rotatable bonds is 1. The Balaban J connectivity index is 2.21. The van der Waals surface area contributed by atoms with Gasteiger partial charge in [-0.15, -0.1) is 11.3 Å². The first kappa shape index (κ1) is 10.6. The second kappa shape index (κ2) is 4.73. The lowest BCUT2D eigenvalue weighted by molar-refractivity contribution is 0.102. The Labute approximate surface area is 98.0 Å². The van der Waals surface area contributed by atoms with Gasteiger partial charge in [0.2, 0.25) is 0 Å². The van der Waals surface area contributed by atoms with Gasteiger partial charge in [-0.2, -0.15) is 0 Å². The molecular weight excluding hydrogens is 218 g/mol. The monoisotopic (exact) mass is 227 g/mol. The lowest BCUT2D eigenvalue weighted by atomic mass is 10.3. The largest absolute Gasteiger partial charge is 0.294 e. The predicted molar refractivity (Wildman–Crippen MR) is 64.5 cm³/mol. The molecule has 0 aliphatic carbocycles. The Morgan fingerprint density at radius 2 is 2.19 bits per heavy atom. The van der Waals surface area contributed by atoms with Crippen molar-refractivity contribution < 1.29 is 4.79 Å². The summed E-state index contributed by atoms with van der Waals surface area (Å²) in [7, 11) is 0. The molecule has 2 nitrogen and oxygen atoms in total. The average Bonchev–Trinajstić information content (AvgIpc) is 2.76. The summed E-state index contributed by atoms with van der Waals surface area (Å²) in [4.78, 5) is 16.7. The van der Waals surface area contributed by atoms with Gasteiger partial charge in [-0.25, -0.2) is 0 Å². The van der Waals surface area contributed by atoms with E-state index >= 15 is 0 Å². The molecule has 78 valence electrons. The van der Waals surface area contributed by atoms with Crippen LogP contribution in [0.2, 0.25) is 0 Å². The highest BCUT2D eigenvalue weighted by molar-refractivity contribution is 7.14. The maximum absolute atomic E-state index is 11.1. The second-order valence-electron chi connectivity index (χ2n) is 3.21. The molecule has 0 radical (unpaired) electrons. The maximum Gasteiger partial charge on any atom is 0.169 e. The van der Waals surface area contributed by atoms with Crippen molar-refractivity contribution >= 4 is 17.1 Å². The molecule has 2 heterocycles. The molecule has 2 aromatic heterocycles. The van der Waals surface area contributed by atoms with Gasteiger partial charge in [0, 0.05) is 18.0 Å². The molecule has 0 aliphatic heterocycles. The standard InChI is InChI=1S/C13H9NOS/c1-10(15)13-7-6-12(16-13)5-4-11-3-2-8-14-9-11/h2-3,6-9H,1H3. The Hall–Kier alpha value is -1.92. The molecule has 3 heteroatoms. The van der Waals surface area contributed by atoms with Crippen molar-refractivity contribution in [1.82, 2.24) is 4.98 Å². The predicted octanol–water partition coefficient (Wildman–Crippen LogP) is 2.75. The molecule has 16 heavy (non-hydrogen) atoms. The lowest BCUT2D eigenvalue weighted by Crippen LogP contribution is -1.83. The van der Waals surface area contributed by atoms with E-state index in [4.69, 9.17) is 0 Å². The van der Waals surface area contributed by atoms with Crippen LogP contribution in [-0.2, 0) is 0 Å². The maximum atomic E-state index is 11.1. The Morgan fingerprint density at radius 1 is 1.31 bits per heavy atom. The SMILES string of the molecule is CC(=O)c1ccc(C#Cc2cccnc2)s1. The van der Waals surface area contributed by atoms with Gasteiger partial charge in [-0.3, -0.25) is 9.78 Å². The quantitative estimate of drug-likeness (QED) is 0.554. The number of carbonyl (C=O) groups excluding carboxylic acids is 1. The fraction of sp³-hybridized carbons (Fsp3) is 0.0769. The van der Waals surface area contributed by atoms with Crippen LogP contribution in [0.5, 0.6) is 0 Å². The minimum Gasteiger partial charge on any atom is -0.294 e. The topological polar surface area (TPSA) is 30.0 Å². The molecule has 0 aliphatic rings. The van der Waals surface area contributed by atoms with Crippen LogP contribution < -0.4 is 0 Å². The van der Waals surface area contributed by atoms with E-state index in [1.807, 2.05) is 18.2 Å². The van der Waals surface area contributed by atoms with E-state index in [1.165, 1.54) is 11.3 Å². The number of nitrogens with zero attached hydrogens (tertiary/aromatic N) is 1. The van der Waals surface area contributed by atoms with Gasteiger partial charge in [0.15, 0.2) is 5.78 Å². The highest BCUT2D eigenvalue weighted by Crippen LogP contribution is 2.15. The second-order valence-corrected chi connectivity index (χ2v) is 4.30. The fourth-order valence-corrected chi connectivity index (χ4v) is 1.92. The first-order valence-electron chi connectivity index (χ1n) is 4.78. The summed E-state index contributed by atoms with van der Waals surface area (Å²) < 4.78 is 0. The van der Waals surface area contributed by atoms with E-state index in [2.05, 4.69) is 16.8 Å². The van der Waals surface area contributed by atoms with Gasteiger partial charge >= 0.3 is 0 Å². The fourth-order valence-electron chi connectivity index (χ4n) is 1.16. The first-order valence-corrected chi connectivity index (χ1v) is 5.60. The smallest absolute Gasteiger partial charge is 0.169 e. The summed E-state index contributed by atoms with van der Waals surface area (Å²) >= 11 is 1.42. The van der Waals surface area contributed by atoms with E-state index in [0.717, 1.165) is 15.3 Å². The number of thiophene rings is 1. The molecule has 0 bridgehead atoms. The number of ketones is 1. The van der Waals surface area contributed by atoms with Crippen LogP contribution in [-0.4, -0.2) is 10.8 Å². The van der Waals surface area contributed by atoms with Crippen LogP contribution >= 0.6 is 11.3 Å². The van der Waals surface area contributed by atoms with E-state index in [0.29, 0.717) is 0 Å². The van der Waals surface area contributed by atoms with Crippen molar-refractivity contribution in [2.75, 3.05) is 0 Å². The zero-order chi connectivity index (χ0) is 11.4. The lowest BCUT2D eigenvalue weighted by Gasteiger charge is -1.85. The third kappa shape index (κ3) is 2.56. The molecule has 2 rings (SSSR count). The van der Waals surface area contributed by atoms with Crippen molar-refractivity contribution in [2.45, 2.75) is 6.92 Å². The Morgan fingerprint density at radius 3 is 2.81 bits per heavy atom. The molecule has 0 saturated heterocycles. The van der Waals surface area contributed by atoms with Crippen LogP contribution in [0.3, 0.4) is 0 Å². The van der Waals surface area contributed by atoms with Crippen molar-refractivity contribution in [3.63, 3.8) is 0 Å². The van der Waals surface area contributed by atoms with Gasteiger partial charge in [0.25, 0.3) is 0 Å². The highest BCUT2D eigenvalue weighted by atomic mass is 32.1. The summed E-state index contributed by atoms with van der Waals surface area (Å²) in [5, 5.41) is 0. The molecule has 2 aromatic rings. The molecule has 0 N–H and O–H groups in total. The van der Waals surface area contributed by atoms with Crippen LogP contribution in [0.4, 0.5) is 0 Å². The molecule has 0 fully saturated rings. The zero-order valence-electron chi connectivity index (χ0n) is 8.73. The van der Waals surface area contributed by atoms with Crippen LogP contribution in [0.25, 0.3) is 0 Å². The van der Waals surface area contributed by atoms with E-state index < -0.39 is 0 Å². The van der Waals surface area contributed by atoms with Crippen LogP contribution in [0.15, 0.2) is 36.7 Å². The molecule has 0 atom stereocenters. The Kier molecular flexibility index (Phi) is 3.13. The van der Waals surface area contributed by atoms with Gasteiger partial charge in [-0.05, 0) is 31.2 Å². The van der Waals surface area contributed by atoms with Gasteiger partial charge in [-0.1, -0.05) is 11.8 Å². The van der Waals surface area contributed by atoms with Gasteiger partial charge in [0.1, 0.15) is 0 Å². The first-order chi connectivity index (χ1) is 7.75.